The number of nitro benzene ring substituents is 2. The molecule has 0 spiro atoms. The van der Waals surface area contributed by atoms with Gasteiger partial charge in [-0.1, -0.05) is 0 Å². The van der Waals surface area contributed by atoms with Crippen molar-refractivity contribution < 1.29 is 19.4 Å². The fraction of sp³-hybridized carbons (Fsp3) is 0.250. The zero-order chi connectivity index (χ0) is 19.4. The van der Waals surface area contributed by atoms with Crippen LogP contribution in [0.5, 0.6) is 0 Å². The first-order valence-corrected chi connectivity index (χ1v) is 7.98. The number of morpholine rings is 1. The van der Waals surface area contributed by atoms with Gasteiger partial charge in [-0.2, -0.15) is 0 Å². The minimum absolute atomic E-state index is 0.187. The van der Waals surface area contributed by atoms with Gasteiger partial charge in [0.15, 0.2) is 0 Å². The van der Waals surface area contributed by atoms with Gasteiger partial charge in [-0.15, -0.1) is 0 Å². The van der Waals surface area contributed by atoms with E-state index in [9.17, 15) is 25.0 Å². The number of nitro groups is 2. The van der Waals surface area contributed by atoms with Crippen LogP contribution in [0.2, 0.25) is 0 Å². The first-order chi connectivity index (χ1) is 12.9. The highest BCUT2D eigenvalue weighted by Crippen LogP contribution is 2.23. The van der Waals surface area contributed by atoms with E-state index in [4.69, 9.17) is 4.74 Å². The molecule has 1 aliphatic heterocycles. The van der Waals surface area contributed by atoms with Crippen LogP contribution in [-0.4, -0.2) is 47.0 Å². The lowest BCUT2D eigenvalue weighted by atomic mass is 10.1. The normalized spacial score (nSPS) is 13.9. The molecule has 1 aromatic heterocycles. The fourth-order valence-electron chi connectivity index (χ4n) is 2.58. The summed E-state index contributed by atoms with van der Waals surface area (Å²) in [6.45, 7) is 2.67. The average molecular weight is 373 g/mol. The number of benzene rings is 1. The standard InChI is InChI=1S/C16H15N5O6/c22-16(11-7-13(20(23)24)9-14(8-11)21(25)26)18-12-1-2-15(17-10-12)19-3-5-27-6-4-19/h1-2,7-10H,3-6H2,(H,18,22). The molecule has 0 radical (unpaired) electrons. The van der Waals surface area contributed by atoms with E-state index in [-0.39, 0.29) is 5.56 Å². The quantitative estimate of drug-likeness (QED) is 0.619. The van der Waals surface area contributed by atoms with Crippen molar-refractivity contribution in [1.29, 1.82) is 0 Å². The summed E-state index contributed by atoms with van der Waals surface area (Å²) in [7, 11) is 0. The molecule has 1 amide bonds. The van der Waals surface area contributed by atoms with Gasteiger partial charge < -0.3 is 15.0 Å². The van der Waals surface area contributed by atoms with E-state index in [1.54, 1.807) is 12.1 Å². The van der Waals surface area contributed by atoms with E-state index in [1.165, 1.54) is 6.20 Å². The Kier molecular flexibility index (Phi) is 5.22. The van der Waals surface area contributed by atoms with Gasteiger partial charge in [0.1, 0.15) is 5.82 Å². The van der Waals surface area contributed by atoms with Gasteiger partial charge in [0, 0.05) is 25.2 Å². The topological polar surface area (TPSA) is 141 Å². The third-order valence-electron chi connectivity index (χ3n) is 3.93. The lowest BCUT2D eigenvalue weighted by Crippen LogP contribution is -2.36. The third-order valence-corrected chi connectivity index (χ3v) is 3.93. The van der Waals surface area contributed by atoms with Crippen LogP contribution in [0, 0.1) is 20.2 Å². The Bertz CT molecular complexity index is 847. The maximum atomic E-state index is 12.3. The number of pyridine rings is 1. The SMILES string of the molecule is O=C(Nc1ccc(N2CCOCC2)nc1)c1cc([N+](=O)[O-])cc([N+](=O)[O-])c1. The zero-order valence-electron chi connectivity index (χ0n) is 14.0. The van der Waals surface area contributed by atoms with Gasteiger partial charge in [-0.3, -0.25) is 25.0 Å². The van der Waals surface area contributed by atoms with Crippen molar-refractivity contribution in [2.45, 2.75) is 0 Å². The smallest absolute Gasteiger partial charge is 0.277 e. The Morgan fingerprint density at radius 1 is 1.07 bits per heavy atom. The van der Waals surface area contributed by atoms with E-state index < -0.39 is 27.1 Å². The maximum Gasteiger partial charge on any atom is 0.277 e. The minimum atomic E-state index is -0.789. The van der Waals surface area contributed by atoms with Crippen LogP contribution in [-0.2, 0) is 4.74 Å². The highest BCUT2D eigenvalue weighted by Gasteiger charge is 2.20. The third kappa shape index (κ3) is 4.33. The first-order valence-electron chi connectivity index (χ1n) is 7.98. The molecule has 11 nitrogen and oxygen atoms in total. The van der Waals surface area contributed by atoms with Crippen molar-refractivity contribution in [3.63, 3.8) is 0 Å². The Hall–Kier alpha value is -3.60. The van der Waals surface area contributed by atoms with Gasteiger partial charge in [0.25, 0.3) is 17.3 Å². The van der Waals surface area contributed by atoms with Gasteiger partial charge in [-0.25, -0.2) is 4.98 Å². The number of hydrogen-bond donors (Lipinski definition) is 1. The number of carbonyl (C=O) groups excluding carboxylic acids is 1. The summed E-state index contributed by atoms with van der Waals surface area (Å²) in [6.07, 6.45) is 1.45. The van der Waals surface area contributed by atoms with Crippen molar-refractivity contribution in [2.75, 3.05) is 36.5 Å². The van der Waals surface area contributed by atoms with Crippen molar-refractivity contribution >= 4 is 28.8 Å². The number of non-ortho nitro benzene ring substituents is 2. The van der Waals surface area contributed by atoms with Crippen LogP contribution >= 0.6 is 0 Å². The second-order valence-electron chi connectivity index (χ2n) is 5.71. The lowest BCUT2D eigenvalue weighted by molar-refractivity contribution is -0.394. The first kappa shape index (κ1) is 18.2. The molecule has 1 N–H and O–H groups in total. The molecule has 1 saturated heterocycles. The molecule has 1 fully saturated rings. The highest BCUT2D eigenvalue weighted by molar-refractivity contribution is 6.05. The number of rotatable bonds is 5. The number of nitrogens with zero attached hydrogens (tertiary/aromatic N) is 4. The molecular formula is C16H15N5O6. The minimum Gasteiger partial charge on any atom is -0.378 e. The molecule has 0 aliphatic carbocycles. The average Bonchev–Trinajstić information content (AvgIpc) is 2.68. The predicted octanol–water partition coefficient (Wildman–Crippen LogP) is 1.99. The Morgan fingerprint density at radius 3 is 2.22 bits per heavy atom. The molecule has 3 rings (SSSR count). The summed E-state index contributed by atoms with van der Waals surface area (Å²) in [6, 6.07) is 6.14. The summed E-state index contributed by atoms with van der Waals surface area (Å²) in [4.78, 5) is 38.9. The number of ether oxygens (including phenoxy) is 1. The summed E-state index contributed by atoms with van der Waals surface area (Å²) in [5, 5.41) is 24.4. The molecule has 2 heterocycles. The van der Waals surface area contributed by atoms with Gasteiger partial charge in [0.2, 0.25) is 0 Å². The van der Waals surface area contributed by atoms with Crippen molar-refractivity contribution in [2.24, 2.45) is 0 Å². The number of hydrogen-bond acceptors (Lipinski definition) is 8. The van der Waals surface area contributed by atoms with Gasteiger partial charge in [-0.05, 0) is 12.1 Å². The molecule has 0 atom stereocenters. The molecule has 11 heteroatoms. The maximum absolute atomic E-state index is 12.3. The molecule has 1 aliphatic rings. The highest BCUT2D eigenvalue weighted by atomic mass is 16.6. The van der Waals surface area contributed by atoms with E-state index in [1.807, 2.05) is 4.90 Å². The molecule has 140 valence electrons. The number of anilines is 2. The second-order valence-corrected chi connectivity index (χ2v) is 5.71. The molecule has 2 aromatic rings. The Labute approximate surface area is 152 Å². The second kappa shape index (κ2) is 7.74. The lowest BCUT2D eigenvalue weighted by Gasteiger charge is -2.27. The molecule has 1 aromatic carbocycles. The van der Waals surface area contributed by atoms with Gasteiger partial charge in [0.05, 0.1) is 46.6 Å². The molecule has 27 heavy (non-hydrogen) atoms. The Balaban J connectivity index is 1.76. The molecule has 0 bridgehead atoms. The van der Waals surface area contributed by atoms with E-state index in [2.05, 4.69) is 10.3 Å². The monoisotopic (exact) mass is 373 g/mol. The van der Waals surface area contributed by atoms with E-state index in [0.717, 1.165) is 37.1 Å². The Morgan fingerprint density at radius 2 is 1.70 bits per heavy atom. The van der Waals surface area contributed by atoms with Crippen LogP contribution in [0.3, 0.4) is 0 Å². The number of nitrogens with one attached hydrogen (secondary N) is 1. The van der Waals surface area contributed by atoms with E-state index in [0.29, 0.717) is 18.9 Å². The van der Waals surface area contributed by atoms with Crippen LogP contribution in [0.1, 0.15) is 10.4 Å². The van der Waals surface area contributed by atoms with Crippen molar-refractivity contribution in [3.05, 3.63) is 62.3 Å². The van der Waals surface area contributed by atoms with Gasteiger partial charge >= 0.3 is 0 Å². The molecular weight excluding hydrogens is 358 g/mol. The van der Waals surface area contributed by atoms with Crippen LogP contribution in [0.25, 0.3) is 0 Å². The van der Waals surface area contributed by atoms with E-state index >= 15 is 0 Å². The zero-order valence-corrected chi connectivity index (χ0v) is 14.0. The van der Waals surface area contributed by atoms with Crippen molar-refractivity contribution in [3.8, 4) is 0 Å². The molecule has 0 unspecified atom stereocenters. The summed E-state index contributed by atoms with van der Waals surface area (Å²) >= 11 is 0. The van der Waals surface area contributed by atoms with Crippen molar-refractivity contribution in [1.82, 2.24) is 4.98 Å². The summed E-state index contributed by atoms with van der Waals surface area (Å²) in [5.41, 5.74) is -0.885. The van der Waals surface area contributed by atoms with Crippen LogP contribution in [0.4, 0.5) is 22.9 Å². The van der Waals surface area contributed by atoms with Crippen LogP contribution in [0.15, 0.2) is 36.5 Å². The summed E-state index contributed by atoms with van der Waals surface area (Å²) in [5.74, 6) is 0.0324. The number of carbonyl (C=O) groups is 1. The van der Waals surface area contributed by atoms with Crippen LogP contribution < -0.4 is 10.2 Å². The fourth-order valence-corrected chi connectivity index (χ4v) is 2.58. The largest absolute Gasteiger partial charge is 0.378 e. The summed E-state index contributed by atoms with van der Waals surface area (Å²) < 4.78 is 5.28. The number of aromatic nitrogens is 1. The predicted molar refractivity (Wildman–Crippen MR) is 95.0 cm³/mol. The number of amides is 1. The molecule has 0 saturated carbocycles.